The van der Waals surface area contributed by atoms with Crippen molar-refractivity contribution in [2.75, 3.05) is 5.73 Å². The molecule has 0 aromatic heterocycles. The van der Waals surface area contributed by atoms with E-state index in [2.05, 4.69) is 5.32 Å². The Balaban J connectivity index is 2.77. The van der Waals surface area contributed by atoms with E-state index in [0.717, 1.165) is 6.07 Å². The van der Waals surface area contributed by atoms with E-state index in [1.165, 1.54) is 12.1 Å². The number of carboxylic acid groups (broad SMARTS) is 1. The second kappa shape index (κ2) is 6.50. The van der Waals surface area contributed by atoms with Crippen LogP contribution >= 0.6 is 0 Å². The van der Waals surface area contributed by atoms with Crippen molar-refractivity contribution in [3.63, 3.8) is 0 Å². The SMILES string of the molecule is NC(=O)CC[C@H](NC(=O)c1ccc(N)c(F)c1)C(=O)O. The number of nitrogens with two attached hydrogens (primary N) is 2. The number of hydrogen-bond donors (Lipinski definition) is 4. The summed E-state index contributed by atoms with van der Waals surface area (Å²) in [5, 5.41) is 11.1. The van der Waals surface area contributed by atoms with Gasteiger partial charge in [0.25, 0.3) is 5.91 Å². The lowest BCUT2D eigenvalue weighted by Gasteiger charge is -2.13. The summed E-state index contributed by atoms with van der Waals surface area (Å²) in [5.74, 6) is -3.54. The summed E-state index contributed by atoms with van der Waals surface area (Å²) in [7, 11) is 0. The maximum absolute atomic E-state index is 13.2. The predicted molar refractivity (Wildman–Crippen MR) is 68.1 cm³/mol. The number of nitrogen functional groups attached to an aromatic ring is 1. The molecule has 0 spiro atoms. The molecule has 0 fully saturated rings. The fourth-order valence-electron chi connectivity index (χ4n) is 1.45. The number of halogens is 1. The summed E-state index contributed by atoms with van der Waals surface area (Å²) in [6.45, 7) is 0. The minimum absolute atomic E-state index is 0.0676. The van der Waals surface area contributed by atoms with Crippen LogP contribution in [0.25, 0.3) is 0 Å². The molecule has 108 valence electrons. The molecule has 7 nitrogen and oxygen atoms in total. The van der Waals surface area contributed by atoms with Gasteiger partial charge in [-0.15, -0.1) is 0 Å². The number of benzene rings is 1. The molecule has 0 radical (unpaired) electrons. The zero-order valence-corrected chi connectivity index (χ0v) is 10.4. The molecule has 0 saturated carbocycles. The van der Waals surface area contributed by atoms with Crippen LogP contribution in [0, 0.1) is 5.82 Å². The van der Waals surface area contributed by atoms with Gasteiger partial charge in [0.05, 0.1) is 5.69 Å². The maximum atomic E-state index is 13.2. The van der Waals surface area contributed by atoms with E-state index < -0.39 is 29.6 Å². The largest absolute Gasteiger partial charge is 0.480 e. The summed E-state index contributed by atoms with van der Waals surface area (Å²) in [4.78, 5) is 33.3. The molecule has 1 rings (SSSR count). The monoisotopic (exact) mass is 283 g/mol. The average Bonchev–Trinajstić information content (AvgIpc) is 2.36. The first-order chi connectivity index (χ1) is 9.31. The molecule has 0 aliphatic rings. The molecule has 8 heteroatoms. The van der Waals surface area contributed by atoms with Crippen molar-refractivity contribution in [2.24, 2.45) is 5.73 Å². The summed E-state index contributed by atoms with van der Waals surface area (Å²) in [6.07, 6.45) is -0.332. The van der Waals surface area contributed by atoms with Crippen LogP contribution in [-0.4, -0.2) is 28.9 Å². The van der Waals surface area contributed by atoms with Gasteiger partial charge in [0.2, 0.25) is 5.91 Å². The lowest BCUT2D eigenvalue weighted by Crippen LogP contribution is -2.41. The van der Waals surface area contributed by atoms with Gasteiger partial charge in [-0.25, -0.2) is 9.18 Å². The Hall–Kier alpha value is -2.64. The van der Waals surface area contributed by atoms with Crippen LogP contribution in [0.4, 0.5) is 10.1 Å². The Morgan fingerprint density at radius 2 is 2.00 bits per heavy atom. The quantitative estimate of drug-likeness (QED) is 0.539. The van der Waals surface area contributed by atoms with E-state index >= 15 is 0 Å². The number of rotatable bonds is 6. The highest BCUT2D eigenvalue weighted by molar-refractivity contribution is 5.97. The van der Waals surface area contributed by atoms with Crippen LogP contribution in [0.15, 0.2) is 18.2 Å². The highest BCUT2D eigenvalue weighted by Crippen LogP contribution is 2.12. The van der Waals surface area contributed by atoms with Gasteiger partial charge in [-0.3, -0.25) is 9.59 Å². The summed E-state index contributed by atoms with van der Waals surface area (Å²) in [6, 6.07) is 2.08. The first kappa shape index (κ1) is 15.4. The lowest BCUT2D eigenvalue weighted by atomic mass is 10.1. The average molecular weight is 283 g/mol. The predicted octanol–water partition coefficient (Wildman–Crippen LogP) is -0.144. The van der Waals surface area contributed by atoms with Crippen molar-refractivity contribution < 1.29 is 23.9 Å². The highest BCUT2D eigenvalue weighted by atomic mass is 19.1. The number of primary amides is 1. The Morgan fingerprint density at radius 1 is 1.35 bits per heavy atom. The molecule has 2 amide bonds. The summed E-state index contributed by atoms with van der Waals surface area (Å²) < 4.78 is 13.2. The Bertz CT molecular complexity index is 548. The smallest absolute Gasteiger partial charge is 0.326 e. The van der Waals surface area contributed by atoms with Crippen molar-refractivity contribution in [1.82, 2.24) is 5.32 Å². The number of aliphatic carboxylic acids is 1. The fraction of sp³-hybridized carbons (Fsp3) is 0.250. The van der Waals surface area contributed by atoms with Gasteiger partial charge in [0.1, 0.15) is 11.9 Å². The van der Waals surface area contributed by atoms with E-state index in [1.807, 2.05) is 0 Å². The highest BCUT2D eigenvalue weighted by Gasteiger charge is 2.21. The number of hydrogen-bond acceptors (Lipinski definition) is 4. The molecular formula is C12H14FN3O4. The van der Waals surface area contributed by atoms with Crippen LogP contribution in [0.1, 0.15) is 23.2 Å². The molecular weight excluding hydrogens is 269 g/mol. The number of carbonyl (C=O) groups excluding carboxylic acids is 2. The minimum Gasteiger partial charge on any atom is -0.480 e. The van der Waals surface area contributed by atoms with Crippen LogP contribution in [-0.2, 0) is 9.59 Å². The zero-order valence-electron chi connectivity index (χ0n) is 10.4. The number of amides is 2. The minimum atomic E-state index is -1.31. The third-order valence-electron chi connectivity index (χ3n) is 2.55. The van der Waals surface area contributed by atoms with Gasteiger partial charge in [-0.05, 0) is 24.6 Å². The van der Waals surface area contributed by atoms with Crippen LogP contribution < -0.4 is 16.8 Å². The van der Waals surface area contributed by atoms with Crippen LogP contribution in [0.2, 0.25) is 0 Å². The fourth-order valence-corrected chi connectivity index (χ4v) is 1.45. The number of carbonyl (C=O) groups is 3. The molecule has 1 aromatic rings. The molecule has 0 aliphatic heterocycles. The molecule has 1 aromatic carbocycles. The van der Waals surface area contributed by atoms with Gasteiger partial charge in [0, 0.05) is 12.0 Å². The third kappa shape index (κ3) is 4.23. The van der Waals surface area contributed by atoms with Gasteiger partial charge < -0.3 is 21.9 Å². The Morgan fingerprint density at radius 3 is 2.50 bits per heavy atom. The van der Waals surface area contributed by atoms with Gasteiger partial charge >= 0.3 is 5.97 Å². The number of nitrogens with one attached hydrogen (secondary N) is 1. The first-order valence-corrected chi connectivity index (χ1v) is 5.68. The molecule has 0 bridgehead atoms. The summed E-state index contributed by atoms with van der Waals surface area (Å²) >= 11 is 0. The number of anilines is 1. The summed E-state index contributed by atoms with van der Waals surface area (Å²) in [5.41, 5.74) is 9.99. The van der Waals surface area contributed by atoms with Crippen LogP contribution in [0.5, 0.6) is 0 Å². The van der Waals surface area contributed by atoms with Crippen molar-refractivity contribution in [1.29, 1.82) is 0 Å². The van der Waals surface area contributed by atoms with Crippen molar-refractivity contribution in [3.05, 3.63) is 29.6 Å². The molecule has 0 unspecified atom stereocenters. The third-order valence-corrected chi connectivity index (χ3v) is 2.55. The van der Waals surface area contributed by atoms with E-state index in [-0.39, 0.29) is 24.1 Å². The van der Waals surface area contributed by atoms with E-state index in [9.17, 15) is 18.8 Å². The van der Waals surface area contributed by atoms with Crippen LogP contribution in [0.3, 0.4) is 0 Å². The number of carboxylic acids is 1. The topological polar surface area (TPSA) is 136 Å². The Labute approximate surface area is 113 Å². The molecule has 20 heavy (non-hydrogen) atoms. The second-order valence-corrected chi connectivity index (χ2v) is 4.11. The van der Waals surface area contributed by atoms with E-state index in [1.54, 1.807) is 0 Å². The van der Waals surface area contributed by atoms with Gasteiger partial charge in [0.15, 0.2) is 0 Å². The van der Waals surface area contributed by atoms with Gasteiger partial charge in [-0.2, -0.15) is 0 Å². The lowest BCUT2D eigenvalue weighted by molar-refractivity contribution is -0.139. The maximum Gasteiger partial charge on any atom is 0.326 e. The standard InChI is InChI=1S/C12H14FN3O4/c13-7-5-6(1-2-8(7)14)11(18)16-9(12(19)20)3-4-10(15)17/h1-2,5,9H,3-4,14H2,(H2,15,17)(H,16,18)(H,19,20)/t9-/m0/s1. The molecule has 0 heterocycles. The zero-order chi connectivity index (χ0) is 15.3. The first-order valence-electron chi connectivity index (χ1n) is 5.68. The van der Waals surface area contributed by atoms with Gasteiger partial charge in [-0.1, -0.05) is 0 Å². The second-order valence-electron chi connectivity index (χ2n) is 4.11. The molecule has 1 atom stereocenters. The van der Waals surface area contributed by atoms with E-state index in [4.69, 9.17) is 16.6 Å². The van der Waals surface area contributed by atoms with Crippen molar-refractivity contribution >= 4 is 23.5 Å². The molecule has 0 aliphatic carbocycles. The normalized spacial score (nSPS) is 11.7. The molecule has 0 saturated heterocycles. The van der Waals surface area contributed by atoms with E-state index in [0.29, 0.717) is 0 Å². The Kier molecular flexibility index (Phi) is 5.01. The van der Waals surface area contributed by atoms with Crippen molar-refractivity contribution in [3.8, 4) is 0 Å². The molecule has 6 N–H and O–H groups in total. The van der Waals surface area contributed by atoms with Crippen molar-refractivity contribution in [2.45, 2.75) is 18.9 Å².